The lowest BCUT2D eigenvalue weighted by atomic mass is 10.0. The third kappa shape index (κ3) is 39.8. The summed E-state index contributed by atoms with van der Waals surface area (Å²) in [7, 11) is 0. The monoisotopic (exact) mass is 730 g/mol. The number of hydrogen-bond acceptors (Lipinski definition) is 3. The van der Waals surface area contributed by atoms with E-state index < -0.39 is 12.1 Å². The van der Waals surface area contributed by atoms with Crippen LogP contribution in [0.1, 0.15) is 245 Å². The summed E-state index contributed by atoms with van der Waals surface area (Å²) in [4.78, 5) is 12.4. The minimum absolute atomic E-state index is 0.0767. The highest BCUT2D eigenvalue weighted by atomic mass is 16.3. The molecule has 0 saturated heterocycles. The molecule has 0 bridgehead atoms. The van der Waals surface area contributed by atoms with Crippen LogP contribution in [0, 0.1) is 0 Å². The maximum absolute atomic E-state index is 12.4. The molecule has 0 aliphatic rings. The van der Waals surface area contributed by atoms with E-state index in [2.05, 4.69) is 43.5 Å². The number of carbonyl (C=O) groups is 1. The lowest BCUT2D eigenvalue weighted by Gasteiger charge is -2.19. The number of amides is 1. The molecule has 0 aromatic rings. The van der Waals surface area contributed by atoms with Crippen molar-refractivity contribution in [2.45, 2.75) is 257 Å². The summed E-state index contributed by atoms with van der Waals surface area (Å²) in [5.74, 6) is -0.0767. The minimum Gasteiger partial charge on any atom is -0.394 e. The van der Waals surface area contributed by atoms with Crippen LogP contribution >= 0.6 is 0 Å². The number of hydrogen-bond donors (Lipinski definition) is 3. The van der Waals surface area contributed by atoms with E-state index in [4.69, 9.17) is 0 Å². The zero-order valence-electron chi connectivity index (χ0n) is 35.1. The normalized spacial score (nSPS) is 13.2. The molecule has 2 atom stereocenters. The number of aliphatic hydroxyl groups is 2. The van der Waals surface area contributed by atoms with Gasteiger partial charge in [-0.25, -0.2) is 0 Å². The Morgan fingerprint density at radius 1 is 0.442 bits per heavy atom. The zero-order chi connectivity index (χ0) is 37.8. The Morgan fingerprint density at radius 3 is 1.12 bits per heavy atom. The van der Waals surface area contributed by atoms with Gasteiger partial charge in [-0.2, -0.15) is 0 Å². The van der Waals surface area contributed by atoms with Crippen molar-refractivity contribution in [1.82, 2.24) is 5.32 Å². The first-order valence-electron chi connectivity index (χ1n) is 23.2. The fourth-order valence-electron chi connectivity index (χ4n) is 7.01. The van der Waals surface area contributed by atoms with Crippen molar-refractivity contribution in [3.63, 3.8) is 0 Å². The molecule has 0 aromatic heterocycles. The van der Waals surface area contributed by atoms with E-state index in [1.54, 1.807) is 6.08 Å². The van der Waals surface area contributed by atoms with Gasteiger partial charge in [-0.05, 0) is 57.8 Å². The number of unbranched alkanes of at least 4 members (excludes halogenated alkanes) is 31. The summed E-state index contributed by atoms with van der Waals surface area (Å²) in [6.07, 6.45) is 58.3. The second kappa shape index (κ2) is 44.0. The van der Waals surface area contributed by atoms with Gasteiger partial charge in [-0.3, -0.25) is 4.79 Å². The molecular formula is C48H91NO3. The molecule has 0 aliphatic carbocycles. The van der Waals surface area contributed by atoms with Crippen LogP contribution in [0.15, 0.2) is 36.5 Å². The molecule has 0 aliphatic heterocycles. The fraction of sp³-hybridized carbons (Fsp3) is 0.854. The topological polar surface area (TPSA) is 69.6 Å². The van der Waals surface area contributed by atoms with Crippen molar-refractivity contribution >= 4 is 5.91 Å². The smallest absolute Gasteiger partial charge is 0.220 e. The molecule has 0 radical (unpaired) electrons. The first-order valence-corrected chi connectivity index (χ1v) is 23.2. The van der Waals surface area contributed by atoms with E-state index in [1.165, 1.54) is 193 Å². The van der Waals surface area contributed by atoms with Gasteiger partial charge in [-0.1, -0.05) is 217 Å². The first kappa shape index (κ1) is 50.6. The molecule has 2 unspecified atom stereocenters. The average molecular weight is 730 g/mol. The highest BCUT2D eigenvalue weighted by Gasteiger charge is 2.17. The van der Waals surface area contributed by atoms with Gasteiger partial charge in [0.1, 0.15) is 0 Å². The second-order valence-electron chi connectivity index (χ2n) is 15.8. The van der Waals surface area contributed by atoms with E-state index in [9.17, 15) is 15.0 Å². The van der Waals surface area contributed by atoms with E-state index in [0.29, 0.717) is 6.42 Å². The van der Waals surface area contributed by atoms with Gasteiger partial charge in [0.25, 0.3) is 0 Å². The van der Waals surface area contributed by atoms with E-state index in [1.807, 2.05) is 6.08 Å². The predicted molar refractivity (Wildman–Crippen MR) is 230 cm³/mol. The van der Waals surface area contributed by atoms with Gasteiger partial charge in [0.05, 0.1) is 18.8 Å². The molecule has 306 valence electrons. The zero-order valence-corrected chi connectivity index (χ0v) is 35.1. The lowest BCUT2D eigenvalue weighted by Crippen LogP contribution is -2.45. The summed E-state index contributed by atoms with van der Waals surface area (Å²) in [6, 6.07) is -0.640. The SMILES string of the molecule is CCCCCCCCCCCCC/C=C/CC/C=C/C(O)C(CO)NC(=O)CCCCCCCCC/C=C\CCCCCCCCCCCCCC. The number of nitrogens with one attached hydrogen (secondary N) is 1. The van der Waals surface area contributed by atoms with Crippen LogP contribution in [0.2, 0.25) is 0 Å². The van der Waals surface area contributed by atoms with E-state index in [0.717, 1.165) is 32.1 Å². The molecule has 52 heavy (non-hydrogen) atoms. The van der Waals surface area contributed by atoms with Crippen molar-refractivity contribution in [1.29, 1.82) is 0 Å². The second-order valence-corrected chi connectivity index (χ2v) is 15.8. The third-order valence-electron chi connectivity index (χ3n) is 10.6. The maximum atomic E-state index is 12.4. The molecule has 0 rings (SSSR count). The molecule has 3 N–H and O–H groups in total. The molecule has 4 nitrogen and oxygen atoms in total. The van der Waals surface area contributed by atoms with Gasteiger partial charge >= 0.3 is 0 Å². The predicted octanol–water partition coefficient (Wildman–Crippen LogP) is 14.6. The van der Waals surface area contributed by atoms with E-state index >= 15 is 0 Å². The van der Waals surface area contributed by atoms with Crippen molar-refractivity contribution in [3.05, 3.63) is 36.5 Å². The van der Waals surface area contributed by atoms with Crippen LogP contribution < -0.4 is 5.32 Å². The minimum atomic E-state index is -0.863. The quantitative estimate of drug-likeness (QED) is 0.0433. The Bertz CT molecular complexity index is 790. The Morgan fingerprint density at radius 2 is 0.750 bits per heavy atom. The number of rotatable bonds is 42. The summed E-state index contributed by atoms with van der Waals surface area (Å²) in [5.41, 5.74) is 0. The van der Waals surface area contributed by atoms with Crippen LogP contribution in [0.5, 0.6) is 0 Å². The molecule has 0 spiro atoms. The van der Waals surface area contributed by atoms with Crippen LogP contribution in [-0.4, -0.2) is 34.9 Å². The van der Waals surface area contributed by atoms with Crippen LogP contribution in [0.3, 0.4) is 0 Å². The number of allylic oxidation sites excluding steroid dienone is 5. The molecular weight excluding hydrogens is 639 g/mol. The fourth-order valence-corrected chi connectivity index (χ4v) is 7.01. The van der Waals surface area contributed by atoms with Crippen LogP contribution in [-0.2, 0) is 4.79 Å². The van der Waals surface area contributed by atoms with Crippen molar-refractivity contribution in [2.24, 2.45) is 0 Å². The highest BCUT2D eigenvalue weighted by molar-refractivity contribution is 5.76. The Hall–Kier alpha value is -1.39. The largest absolute Gasteiger partial charge is 0.394 e. The Labute approximate surface area is 325 Å². The van der Waals surface area contributed by atoms with E-state index in [-0.39, 0.29) is 12.5 Å². The summed E-state index contributed by atoms with van der Waals surface area (Å²) >= 11 is 0. The van der Waals surface area contributed by atoms with Gasteiger partial charge < -0.3 is 15.5 Å². The van der Waals surface area contributed by atoms with Gasteiger partial charge in [-0.15, -0.1) is 0 Å². The standard InChI is InChI=1S/C48H91NO3/c1-3-5-7-9-11-13-15-17-19-21-22-23-24-25-26-28-30-32-34-36-38-40-42-44-48(52)49-46(45-50)47(51)43-41-39-37-35-33-31-29-27-20-18-16-14-12-10-8-6-4-2/h25-26,33,35,41,43,46-47,50-51H,3-24,27-32,34,36-40,42,44-45H2,1-2H3,(H,49,52)/b26-25-,35-33+,43-41+. The molecule has 0 fully saturated rings. The van der Waals surface area contributed by atoms with Gasteiger partial charge in [0, 0.05) is 6.42 Å². The van der Waals surface area contributed by atoms with Gasteiger partial charge in [0.15, 0.2) is 0 Å². The van der Waals surface area contributed by atoms with Crippen molar-refractivity contribution in [3.8, 4) is 0 Å². The molecule has 4 heteroatoms. The summed E-state index contributed by atoms with van der Waals surface area (Å²) < 4.78 is 0. The first-order chi connectivity index (χ1) is 25.7. The number of carbonyl (C=O) groups excluding carboxylic acids is 1. The third-order valence-corrected chi connectivity index (χ3v) is 10.6. The molecule has 0 aromatic carbocycles. The lowest BCUT2D eigenvalue weighted by molar-refractivity contribution is -0.123. The van der Waals surface area contributed by atoms with Gasteiger partial charge in [0.2, 0.25) is 5.91 Å². The maximum Gasteiger partial charge on any atom is 0.220 e. The van der Waals surface area contributed by atoms with Crippen LogP contribution in [0.25, 0.3) is 0 Å². The average Bonchev–Trinajstić information content (AvgIpc) is 3.15. The van der Waals surface area contributed by atoms with Crippen molar-refractivity contribution in [2.75, 3.05) is 6.61 Å². The summed E-state index contributed by atoms with van der Waals surface area (Å²) in [5, 5.41) is 23.0. The highest BCUT2D eigenvalue weighted by Crippen LogP contribution is 2.15. The Kier molecular flexibility index (Phi) is 42.8. The summed E-state index contributed by atoms with van der Waals surface area (Å²) in [6.45, 7) is 4.31. The Balaban J connectivity index is 3.58. The number of aliphatic hydroxyl groups excluding tert-OH is 2. The molecule has 0 heterocycles. The van der Waals surface area contributed by atoms with Crippen molar-refractivity contribution < 1.29 is 15.0 Å². The van der Waals surface area contributed by atoms with Crippen LogP contribution in [0.4, 0.5) is 0 Å². The molecule has 0 saturated carbocycles. The molecule has 1 amide bonds.